The molecule has 2 aliphatic heterocycles. The molecular formula is C14H10N2. The number of hydrogen-bond acceptors (Lipinski definition) is 2. The molecule has 0 radical (unpaired) electrons. The van der Waals surface area contributed by atoms with Crippen LogP contribution in [0.2, 0.25) is 0 Å². The van der Waals surface area contributed by atoms with Gasteiger partial charge in [0, 0.05) is 17.7 Å². The van der Waals surface area contributed by atoms with Gasteiger partial charge in [-0.1, -0.05) is 18.2 Å². The molecule has 2 aromatic carbocycles. The summed E-state index contributed by atoms with van der Waals surface area (Å²) in [4.78, 5) is 9.16. The van der Waals surface area contributed by atoms with Crippen LogP contribution in [0.5, 0.6) is 0 Å². The quantitative estimate of drug-likeness (QED) is 0.536. The van der Waals surface area contributed by atoms with Gasteiger partial charge in [-0.05, 0) is 30.2 Å². The SMILES string of the molecule is c1ccc2c(c1)N=c1ccc3c(c1-2)CCN=3. The van der Waals surface area contributed by atoms with E-state index in [0.717, 1.165) is 29.4 Å². The normalized spacial score (nSPS) is 14.8. The van der Waals surface area contributed by atoms with Crippen molar-refractivity contribution in [3.63, 3.8) is 0 Å². The van der Waals surface area contributed by atoms with Gasteiger partial charge in [0.05, 0.1) is 16.4 Å². The molecule has 0 N–H and O–H groups in total. The first-order valence-electron chi connectivity index (χ1n) is 5.58. The second-order valence-corrected chi connectivity index (χ2v) is 4.22. The second-order valence-electron chi connectivity index (χ2n) is 4.22. The lowest BCUT2D eigenvalue weighted by atomic mass is 9.98. The summed E-state index contributed by atoms with van der Waals surface area (Å²) >= 11 is 0. The molecule has 0 unspecified atom stereocenters. The lowest BCUT2D eigenvalue weighted by Gasteiger charge is -2.02. The average molecular weight is 206 g/mol. The summed E-state index contributed by atoms with van der Waals surface area (Å²) in [5, 5.41) is 2.27. The number of fused-ring (bicyclic) bond motifs is 5. The molecule has 16 heavy (non-hydrogen) atoms. The summed E-state index contributed by atoms with van der Waals surface area (Å²) in [7, 11) is 0. The highest BCUT2D eigenvalue weighted by Crippen LogP contribution is 2.33. The molecule has 0 atom stereocenters. The van der Waals surface area contributed by atoms with Crippen LogP contribution in [0.15, 0.2) is 46.4 Å². The summed E-state index contributed by atoms with van der Waals surface area (Å²) in [5.41, 5.74) is 5.06. The third-order valence-corrected chi connectivity index (χ3v) is 3.32. The molecule has 2 nitrogen and oxygen atoms in total. The van der Waals surface area contributed by atoms with Gasteiger partial charge in [0.2, 0.25) is 0 Å². The Morgan fingerprint density at radius 3 is 2.81 bits per heavy atom. The maximum Gasteiger partial charge on any atom is 0.0720 e. The van der Waals surface area contributed by atoms with Crippen LogP contribution in [-0.4, -0.2) is 6.54 Å². The van der Waals surface area contributed by atoms with Gasteiger partial charge in [0.15, 0.2) is 0 Å². The smallest absolute Gasteiger partial charge is 0.0720 e. The first-order valence-corrected chi connectivity index (χ1v) is 5.58. The standard InChI is InChI=1S/C14H10N2/c1-2-4-12-9(3-1)14-10-7-8-15-11(10)5-6-13(14)16-12/h1-6H,7-8H2. The van der Waals surface area contributed by atoms with Crippen molar-refractivity contribution >= 4 is 5.69 Å². The Bertz CT molecular complexity index is 714. The molecule has 0 spiro atoms. The van der Waals surface area contributed by atoms with Crippen molar-refractivity contribution in [1.29, 1.82) is 0 Å². The van der Waals surface area contributed by atoms with Crippen molar-refractivity contribution in [2.75, 3.05) is 6.54 Å². The van der Waals surface area contributed by atoms with Crippen molar-refractivity contribution in [2.24, 2.45) is 9.98 Å². The van der Waals surface area contributed by atoms with E-state index in [9.17, 15) is 0 Å². The lowest BCUT2D eigenvalue weighted by Crippen LogP contribution is -2.13. The Labute approximate surface area is 93.0 Å². The van der Waals surface area contributed by atoms with Crippen LogP contribution in [0.4, 0.5) is 5.69 Å². The number of rotatable bonds is 0. The maximum atomic E-state index is 4.65. The van der Waals surface area contributed by atoms with Gasteiger partial charge in [0.25, 0.3) is 0 Å². The third-order valence-electron chi connectivity index (χ3n) is 3.32. The lowest BCUT2D eigenvalue weighted by molar-refractivity contribution is 1.03. The summed E-state index contributed by atoms with van der Waals surface area (Å²) in [6.45, 7) is 0.925. The monoisotopic (exact) mass is 206 g/mol. The van der Waals surface area contributed by atoms with Gasteiger partial charge in [-0.15, -0.1) is 0 Å². The molecule has 2 aliphatic rings. The van der Waals surface area contributed by atoms with E-state index in [0.29, 0.717) is 0 Å². The first kappa shape index (κ1) is 8.22. The molecule has 2 heterocycles. The summed E-state index contributed by atoms with van der Waals surface area (Å²) in [6, 6.07) is 12.5. The van der Waals surface area contributed by atoms with E-state index in [1.807, 2.05) is 6.07 Å². The van der Waals surface area contributed by atoms with Gasteiger partial charge in [-0.25, -0.2) is 4.99 Å². The Kier molecular flexibility index (Phi) is 1.43. The Balaban J connectivity index is 2.18. The van der Waals surface area contributed by atoms with Crippen molar-refractivity contribution < 1.29 is 0 Å². The van der Waals surface area contributed by atoms with E-state index in [4.69, 9.17) is 0 Å². The Hall–Kier alpha value is -1.96. The topological polar surface area (TPSA) is 24.7 Å². The molecule has 2 aromatic rings. The fourth-order valence-electron chi connectivity index (χ4n) is 2.62. The van der Waals surface area contributed by atoms with Gasteiger partial charge in [-0.2, -0.15) is 0 Å². The van der Waals surface area contributed by atoms with Gasteiger partial charge < -0.3 is 0 Å². The minimum atomic E-state index is 0.925. The summed E-state index contributed by atoms with van der Waals surface area (Å²) < 4.78 is 0. The Morgan fingerprint density at radius 1 is 0.938 bits per heavy atom. The minimum Gasteiger partial charge on any atom is -0.285 e. The van der Waals surface area contributed by atoms with E-state index < -0.39 is 0 Å². The molecule has 0 bridgehead atoms. The van der Waals surface area contributed by atoms with Gasteiger partial charge >= 0.3 is 0 Å². The van der Waals surface area contributed by atoms with E-state index in [1.54, 1.807) is 0 Å². The van der Waals surface area contributed by atoms with Gasteiger partial charge in [-0.3, -0.25) is 4.99 Å². The molecule has 2 heteroatoms. The van der Waals surface area contributed by atoms with E-state index in [-0.39, 0.29) is 0 Å². The molecular weight excluding hydrogens is 196 g/mol. The zero-order valence-corrected chi connectivity index (χ0v) is 8.77. The molecule has 76 valence electrons. The predicted molar refractivity (Wildman–Crippen MR) is 62.4 cm³/mol. The predicted octanol–water partition coefficient (Wildman–Crippen LogP) is 1.79. The van der Waals surface area contributed by atoms with Crippen molar-refractivity contribution in [2.45, 2.75) is 6.42 Å². The zero-order valence-electron chi connectivity index (χ0n) is 8.77. The van der Waals surface area contributed by atoms with Crippen LogP contribution in [0, 0.1) is 0 Å². The minimum absolute atomic E-state index is 0.925. The summed E-state index contributed by atoms with van der Waals surface area (Å²) in [5.74, 6) is 0. The highest BCUT2D eigenvalue weighted by Gasteiger charge is 2.19. The fourth-order valence-corrected chi connectivity index (χ4v) is 2.62. The zero-order chi connectivity index (χ0) is 10.5. The third kappa shape index (κ3) is 0.915. The number of hydrogen-bond donors (Lipinski definition) is 0. The number of benzene rings is 2. The summed E-state index contributed by atoms with van der Waals surface area (Å²) in [6.07, 6.45) is 1.06. The highest BCUT2D eigenvalue weighted by atomic mass is 14.8. The number of nitrogens with zero attached hydrogens (tertiary/aromatic N) is 2. The van der Waals surface area contributed by atoms with Crippen LogP contribution >= 0.6 is 0 Å². The van der Waals surface area contributed by atoms with E-state index >= 15 is 0 Å². The van der Waals surface area contributed by atoms with Crippen molar-refractivity contribution in [3.8, 4) is 11.1 Å². The molecule has 0 aromatic heterocycles. The van der Waals surface area contributed by atoms with Crippen LogP contribution in [-0.2, 0) is 6.42 Å². The van der Waals surface area contributed by atoms with Crippen LogP contribution in [0.25, 0.3) is 11.1 Å². The molecule has 0 amide bonds. The second kappa shape index (κ2) is 2.79. The highest BCUT2D eigenvalue weighted by molar-refractivity contribution is 5.81. The Morgan fingerprint density at radius 2 is 1.81 bits per heavy atom. The van der Waals surface area contributed by atoms with E-state index in [1.165, 1.54) is 16.7 Å². The van der Waals surface area contributed by atoms with Crippen LogP contribution < -0.4 is 10.7 Å². The first-order chi connectivity index (χ1) is 7.93. The van der Waals surface area contributed by atoms with Crippen LogP contribution in [0.3, 0.4) is 0 Å². The molecule has 0 fully saturated rings. The molecule has 0 saturated carbocycles. The van der Waals surface area contributed by atoms with Crippen molar-refractivity contribution in [1.82, 2.24) is 0 Å². The molecule has 4 rings (SSSR count). The maximum absolute atomic E-state index is 4.65. The van der Waals surface area contributed by atoms with Gasteiger partial charge in [0.1, 0.15) is 0 Å². The molecule has 0 aliphatic carbocycles. The average Bonchev–Trinajstić information content (AvgIpc) is 2.91. The largest absolute Gasteiger partial charge is 0.285 e. The van der Waals surface area contributed by atoms with Crippen molar-refractivity contribution in [3.05, 3.63) is 52.7 Å². The van der Waals surface area contributed by atoms with Crippen LogP contribution in [0.1, 0.15) is 5.56 Å². The molecule has 0 saturated heterocycles. The van der Waals surface area contributed by atoms with E-state index in [2.05, 4.69) is 40.3 Å². The number of para-hydroxylation sites is 1. The fraction of sp³-hybridized carbons (Fsp3) is 0.143.